The smallest absolute Gasteiger partial charge is 0.306 e. The third-order valence-electron chi connectivity index (χ3n) is 12.0. The number of esters is 3. The van der Waals surface area contributed by atoms with Gasteiger partial charge in [-0.2, -0.15) is 0 Å². The summed E-state index contributed by atoms with van der Waals surface area (Å²) in [6, 6.07) is 0. The average Bonchev–Trinajstić information content (AvgIpc) is 3.24. The molecule has 0 heterocycles. The standard InChI is InChI=1S/C54H102O6/c1-4-7-10-13-16-19-22-25-26-27-30-32-35-38-41-44-47-53(56)59-50-51(60-54(57)48-45-42-39-36-33-29-24-21-18-15-12-9-6-3)49-58-52(55)46-43-40-37-34-31-28-23-20-17-14-11-8-5-2/h21,24,51H,4-20,22-23,25-50H2,1-3H3/b24-21-/t51-/m1/s1. The zero-order valence-electron chi connectivity index (χ0n) is 40.5. The van der Waals surface area contributed by atoms with E-state index in [-0.39, 0.29) is 31.1 Å². The van der Waals surface area contributed by atoms with Crippen LogP contribution < -0.4 is 0 Å². The minimum Gasteiger partial charge on any atom is -0.462 e. The molecule has 0 aromatic rings. The molecule has 1 atom stereocenters. The minimum absolute atomic E-state index is 0.0679. The zero-order chi connectivity index (χ0) is 43.7. The zero-order valence-corrected chi connectivity index (χ0v) is 40.5. The molecule has 0 aromatic heterocycles. The molecule has 0 aliphatic heterocycles. The van der Waals surface area contributed by atoms with Gasteiger partial charge in [-0.05, 0) is 44.9 Å². The van der Waals surface area contributed by atoms with E-state index < -0.39 is 6.10 Å². The van der Waals surface area contributed by atoms with E-state index >= 15 is 0 Å². The SMILES string of the molecule is CCCCCC/C=C\CCCCCCCC(=O)O[C@H](COC(=O)CCCCCCCCCCCCCCC)COC(=O)CCCCCCCCCCCCCCCCCC. The molecule has 6 heteroatoms. The molecule has 0 aliphatic carbocycles. The van der Waals surface area contributed by atoms with Crippen LogP contribution in [-0.2, 0) is 28.6 Å². The van der Waals surface area contributed by atoms with Gasteiger partial charge in [0.2, 0.25) is 0 Å². The van der Waals surface area contributed by atoms with E-state index in [1.54, 1.807) is 0 Å². The number of rotatable bonds is 49. The molecule has 0 rings (SSSR count). The summed E-state index contributed by atoms with van der Waals surface area (Å²) in [4.78, 5) is 38.0. The number of hydrogen-bond acceptors (Lipinski definition) is 6. The number of allylic oxidation sites excluding steroid dienone is 2. The van der Waals surface area contributed by atoms with Crippen molar-refractivity contribution in [1.82, 2.24) is 0 Å². The fourth-order valence-electron chi connectivity index (χ4n) is 7.97. The summed E-state index contributed by atoms with van der Waals surface area (Å²) in [5, 5.41) is 0. The maximum Gasteiger partial charge on any atom is 0.306 e. The van der Waals surface area contributed by atoms with Gasteiger partial charge in [-0.25, -0.2) is 0 Å². The predicted octanol–water partition coefficient (Wildman–Crippen LogP) is 17.4. The molecule has 0 amide bonds. The molecule has 60 heavy (non-hydrogen) atoms. The second-order valence-corrected chi connectivity index (χ2v) is 18.2. The first-order valence-electron chi connectivity index (χ1n) is 26.7. The number of unbranched alkanes of at least 4 members (excludes halogenated alkanes) is 36. The Morgan fingerprint density at radius 2 is 0.550 bits per heavy atom. The molecule has 0 bridgehead atoms. The second kappa shape index (κ2) is 49.8. The first-order chi connectivity index (χ1) is 29.5. The van der Waals surface area contributed by atoms with Crippen molar-refractivity contribution in [2.45, 2.75) is 303 Å². The van der Waals surface area contributed by atoms with Crippen molar-refractivity contribution in [3.63, 3.8) is 0 Å². The van der Waals surface area contributed by atoms with Gasteiger partial charge < -0.3 is 14.2 Å². The molecule has 0 N–H and O–H groups in total. The molecule has 0 fully saturated rings. The van der Waals surface area contributed by atoms with Crippen LogP contribution in [0.4, 0.5) is 0 Å². The van der Waals surface area contributed by atoms with Gasteiger partial charge >= 0.3 is 17.9 Å². The highest BCUT2D eigenvalue weighted by Crippen LogP contribution is 2.16. The maximum atomic E-state index is 12.8. The number of carbonyl (C=O) groups excluding carboxylic acids is 3. The lowest BCUT2D eigenvalue weighted by atomic mass is 10.0. The highest BCUT2D eigenvalue weighted by atomic mass is 16.6. The summed E-state index contributed by atoms with van der Waals surface area (Å²) >= 11 is 0. The van der Waals surface area contributed by atoms with E-state index in [0.29, 0.717) is 19.3 Å². The minimum atomic E-state index is -0.767. The predicted molar refractivity (Wildman–Crippen MR) is 256 cm³/mol. The van der Waals surface area contributed by atoms with Crippen molar-refractivity contribution >= 4 is 17.9 Å². The van der Waals surface area contributed by atoms with Gasteiger partial charge in [0.25, 0.3) is 0 Å². The van der Waals surface area contributed by atoms with E-state index in [2.05, 4.69) is 32.9 Å². The summed E-state index contributed by atoms with van der Waals surface area (Å²) < 4.78 is 16.8. The van der Waals surface area contributed by atoms with Crippen LogP contribution in [0.2, 0.25) is 0 Å². The Morgan fingerprint density at radius 3 is 0.850 bits per heavy atom. The molecule has 0 saturated carbocycles. The monoisotopic (exact) mass is 847 g/mol. The van der Waals surface area contributed by atoms with Crippen LogP contribution in [0.25, 0.3) is 0 Å². The fourth-order valence-corrected chi connectivity index (χ4v) is 7.97. The molecular formula is C54H102O6. The quantitative estimate of drug-likeness (QED) is 0.0263. The Hall–Kier alpha value is -1.85. The van der Waals surface area contributed by atoms with Crippen molar-refractivity contribution in [1.29, 1.82) is 0 Å². The Kier molecular flexibility index (Phi) is 48.3. The molecule has 0 radical (unpaired) electrons. The first-order valence-corrected chi connectivity index (χ1v) is 26.7. The van der Waals surface area contributed by atoms with Gasteiger partial charge in [0, 0.05) is 19.3 Å². The van der Waals surface area contributed by atoms with Crippen molar-refractivity contribution in [2.75, 3.05) is 13.2 Å². The molecule has 0 aliphatic rings. The summed E-state index contributed by atoms with van der Waals surface area (Å²) in [6.07, 6.45) is 54.8. The van der Waals surface area contributed by atoms with Gasteiger partial charge in [-0.3, -0.25) is 14.4 Å². The summed E-state index contributed by atoms with van der Waals surface area (Å²) in [5.74, 6) is -0.858. The van der Waals surface area contributed by atoms with Crippen LogP contribution in [0, 0.1) is 0 Å². The lowest BCUT2D eigenvalue weighted by molar-refractivity contribution is -0.167. The van der Waals surface area contributed by atoms with Crippen molar-refractivity contribution in [3.05, 3.63) is 12.2 Å². The van der Waals surface area contributed by atoms with Gasteiger partial charge in [0.05, 0.1) is 0 Å². The molecule has 0 spiro atoms. The van der Waals surface area contributed by atoms with Crippen LogP contribution in [0.3, 0.4) is 0 Å². The van der Waals surface area contributed by atoms with Gasteiger partial charge in [-0.15, -0.1) is 0 Å². The fraction of sp³-hybridized carbons (Fsp3) is 0.907. The van der Waals surface area contributed by atoms with E-state index in [1.807, 2.05) is 0 Å². The number of carbonyl (C=O) groups is 3. The highest BCUT2D eigenvalue weighted by Gasteiger charge is 2.19. The summed E-state index contributed by atoms with van der Waals surface area (Å²) in [6.45, 7) is 6.66. The van der Waals surface area contributed by atoms with E-state index in [4.69, 9.17) is 14.2 Å². The van der Waals surface area contributed by atoms with Crippen molar-refractivity contribution in [2.24, 2.45) is 0 Å². The molecule has 0 saturated heterocycles. The number of hydrogen-bond donors (Lipinski definition) is 0. The summed E-state index contributed by atoms with van der Waals surface area (Å²) in [7, 11) is 0. The van der Waals surface area contributed by atoms with Crippen LogP contribution in [0.15, 0.2) is 12.2 Å². The third-order valence-corrected chi connectivity index (χ3v) is 12.0. The summed E-state index contributed by atoms with van der Waals surface area (Å²) in [5.41, 5.74) is 0. The average molecular weight is 847 g/mol. The molecule has 6 nitrogen and oxygen atoms in total. The van der Waals surface area contributed by atoms with Crippen molar-refractivity contribution < 1.29 is 28.6 Å². The Bertz CT molecular complexity index is 931. The Labute approximate surface area is 373 Å². The lowest BCUT2D eigenvalue weighted by Gasteiger charge is -2.18. The molecule has 0 unspecified atom stereocenters. The van der Waals surface area contributed by atoms with Crippen LogP contribution in [-0.4, -0.2) is 37.2 Å². The normalized spacial score (nSPS) is 12.0. The van der Waals surface area contributed by atoms with E-state index in [9.17, 15) is 14.4 Å². The maximum absolute atomic E-state index is 12.8. The lowest BCUT2D eigenvalue weighted by Crippen LogP contribution is -2.30. The molecular weight excluding hydrogens is 745 g/mol. The van der Waals surface area contributed by atoms with Gasteiger partial charge in [-0.1, -0.05) is 245 Å². The highest BCUT2D eigenvalue weighted by molar-refractivity contribution is 5.71. The molecule has 354 valence electrons. The van der Waals surface area contributed by atoms with Gasteiger partial charge in [0.15, 0.2) is 6.10 Å². The first kappa shape index (κ1) is 58.1. The van der Waals surface area contributed by atoms with Crippen LogP contribution in [0.5, 0.6) is 0 Å². The largest absolute Gasteiger partial charge is 0.462 e. The second-order valence-electron chi connectivity index (χ2n) is 18.2. The molecule has 0 aromatic carbocycles. The number of ether oxygens (including phenoxy) is 3. The van der Waals surface area contributed by atoms with Crippen molar-refractivity contribution in [3.8, 4) is 0 Å². The topological polar surface area (TPSA) is 78.9 Å². The Morgan fingerprint density at radius 1 is 0.317 bits per heavy atom. The third kappa shape index (κ3) is 47.2. The van der Waals surface area contributed by atoms with Crippen LogP contribution >= 0.6 is 0 Å². The Balaban J connectivity index is 4.31. The van der Waals surface area contributed by atoms with E-state index in [1.165, 1.54) is 193 Å². The van der Waals surface area contributed by atoms with Crippen LogP contribution in [0.1, 0.15) is 297 Å². The van der Waals surface area contributed by atoms with E-state index in [0.717, 1.165) is 64.2 Å². The van der Waals surface area contributed by atoms with Gasteiger partial charge in [0.1, 0.15) is 13.2 Å².